The molecular weight excluding hydrogens is 378 g/mol. The zero-order valence-corrected chi connectivity index (χ0v) is 17.0. The summed E-state index contributed by atoms with van der Waals surface area (Å²) in [5.41, 5.74) is 6.28. The molecule has 1 aliphatic rings. The van der Waals surface area contributed by atoms with Crippen LogP contribution in [0.5, 0.6) is 0 Å². The minimum Gasteiger partial charge on any atom is -0.452 e. The topological polar surface area (TPSA) is 72.5 Å². The van der Waals surface area contributed by atoms with Gasteiger partial charge in [0.2, 0.25) is 0 Å². The van der Waals surface area contributed by atoms with E-state index in [2.05, 4.69) is 5.32 Å². The van der Waals surface area contributed by atoms with Gasteiger partial charge in [-0.3, -0.25) is 9.59 Å². The van der Waals surface area contributed by atoms with Gasteiger partial charge in [0.05, 0.1) is 5.56 Å². The Morgan fingerprint density at radius 3 is 2.20 bits per heavy atom. The second kappa shape index (κ2) is 7.59. The SMILES string of the molecule is Cc1cc(C)c(NC(=O)COC(=O)c2cccc3c2C(=O)c2ccccc2-3)c(C)c1. The van der Waals surface area contributed by atoms with E-state index in [1.165, 1.54) is 0 Å². The van der Waals surface area contributed by atoms with Crippen LogP contribution in [-0.4, -0.2) is 24.3 Å². The summed E-state index contributed by atoms with van der Waals surface area (Å²) in [6.45, 7) is 5.39. The quantitative estimate of drug-likeness (QED) is 0.508. The van der Waals surface area contributed by atoms with E-state index < -0.39 is 18.5 Å². The summed E-state index contributed by atoms with van der Waals surface area (Å²) in [6.07, 6.45) is 0. The van der Waals surface area contributed by atoms with Crippen molar-refractivity contribution < 1.29 is 19.1 Å². The highest BCUT2D eigenvalue weighted by atomic mass is 16.5. The maximum Gasteiger partial charge on any atom is 0.339 e. The highest BCUT2D eigenvalue weighted by Gasteiger charge is 2.31. The Hall–Kier alpha value is -3.73. The van der Waals surface area contributed by atoms with Crippen LogP contribution < -0.4 is 5.32 Å². The Kier molecular flexibility index (Phi) is 4.96. The normalized spacial score (nSPS) is 11.6. The van der Waals surface area contributed by atoms with Gasteiger partial charge in [0, 0.05) is 16.8 Å². The standard InChI is InChI=1S/C25H21NO4/c1-14-11-15(2)23(16(3)12-14)26-21(27)13-30-25(29)20-10-6-9-18-17-7-4-5-8-19(17)24(28)22(18)20/h4-12H,13H2,1-3H3,(H,26,27). The van der Waals surface area contributed by atoms with E-state index in [0.717, 1.165) is 22.3 Å². The summed E-state index contributed by atoms with van der Waals surface area (Å²) in [5.74, 6) is -1.33. The molecule has 0 aliphatic heterocycles. The van der Waals surface area contributed by atoms with E-state index in [1.807, 2.05) is 51.1 Å². The zero-order valence-electron chi connectivity index (χ0n) is 17.0. The molecule has 0 atom stereocenters. The minimum atomic E-state index is -0.694. The molecule has 0 spiro atoms. The van der Waals surface area contributed by atoms with Crippen LogP contribution in [0.15, 0.2) is 54.6 Å². The molecule has 0 aromatic heterocycles. The van der Waals surface area contributed by atoms with Gasteiger partial charge < -0.3 is 10.1 Å². The van der Waals surface area contributed by atoms with Crippen LogP contribution in [0, 0.1) is 20.8 Å². The van der Waals surface area contributed by atoms with Crippen LogP contribution in [0.4, 0.5) is 5.69 Å². The van der Waals surface area contributed by atoms with E-state index in [0.29, 0.717) is 22.4 Å². The number of carbonyl (C=O) groups is 3. The zero-order chi connectivity index (χ0) is 21.4. The van der Waals surface area contributed by atoms with Crippen molar-refractivity contribution in [3.05, 3.63) is 88.0 Å². The number of fused-ring (bicyclic) bond motifs is 3. The number of carbonyl (C=O) groups excluding carboxylic acids is 3. The Balaban J connectivity index is 1.50. The minimum absolute atomic E-state index is 0.171. The first-order valence-corrected chi connectivity index (χ1v) is 9.68. The van der Waals surface area contributed by atoms with Crippen LogP contribution in [-0.2, 0) is 9.53 Å². The predicted molar refractivity (Wildman–Crippen MR) is 115 cm³/mol. The highest BCUT2D eigenvalue weighted by molar-refractivity contribution is 6.25. The molecule has 1 amide bonds. The number of benzene rings is 3. The van der Waals surface area contributed by atoms with Crippen molar-refractivity contribution in [1.29, 1.82) is 0 Å². The van der Waals surface area contributed by atoms with Gasteiger partial charge in [0.1, 0.15) is 0 Å². The van der Waals surface area contributed by atoms with Crippen LogP contribution in [0.25, 0.3) is 11.1 Å². The molecule has 1 aliphatic carbocycles. The Labute approximate surface area is 174 Å². The molecule has 3 aromatic carbocycles. The van der Waals surface area contributed by atoms with Gasteiger partial charge >= 0.3 is 5.97 Å². The number of esters is 1. The summed E-state index contributed by atoms with van der Waals surface area (Å²) in [6, 6.07) is 16.3. The largest absolute Gasteiger partial charge is 0.452 e. The summed E-state index contributed by atoms with van der Waals surface area (Å²) in [5, 5.41) is 2.80. The number of aryl methyl sites for hydroxylation is 3. The van der Waals surface area contributed by atoms with Gasteiger partial charge in [0.25, 0.3) is 5.91 Å². The number of ketones is 1. The van der Waals surface area contributed by atoms with Crippen LogP contribution in [0.3, 0.4) is 0 Å². The maximum atomic E-state index is 12.8. The van der Waals surface area contributed by atoms with E-state index in [9.17, 15) is 14.4 Å². The smallest absolute Gasteiger partial charge is 0.339 e. The fourth-order valence-electron chi connectivity index (χ4n) is 4.00. The lowest BCUT2D eigenvalue weighted by Gasteiger charge is -2.13. The Morgan fingerprint density at radius 1 is 0.867 bits per heavy atom. The van der Waals surface area contributed by atoms with Gasteiger partial charge in [-0.1, -0.05) is 54.1 Å². The van der Waals surface area contributed by atoms with E-state index in [4.69, 9.17) is 4.74 Å². The highest BCUT2D eigenvalue weighted by Crippen LogP contribution is 2.38. The average molecular weight is 399 g/mol. The first-order chi connectivity index (χ1) is 14.4. The molecular formula is C25H21NO4. The van der Waals surface area contributed by atoms with Crippen molar-refractivity contribution in [3.63, 3.8) is 0 Å². The fourth-order valence-corrected chi connectivity index (χ4v) is 4.00. The molecule has 4 rings (SSSR count). The molecule has 0 unspecified atom stereocenters. The molecule has 0 radical (unpaired) electrons. The summed E-state index contributed by atoms with van der Waals surface area (Å²) in [4.78, 5) is 37.8. The van der Waals surface area contributed by atoms with E-state index >= 15 is 0 Å². The lowest BCUT2D eigenvalue weighted by atomic mass is 10.0. The number of anilines is 1. The number of hydrogen-bond acceptors (Lipinski definition) is 4. The summed E-state index contributed by atoms with van der Waals surface area (Å²) in [7, 11) is 0. The van der Waals surface area contributed by atoms with Gasteiger partial charge in [0.15, 0.2) is 12.4 Å². The third-order valence-electron chi connectivity index (χ3n) is 5.25. The monoisotopic (exact) mass is 399 g/mol. The van der Waals surface area contributed by atoms with Crippen molar-refractivity contribution in [3.8, 4) is 11.1 Å². The third-order valence-corrected chi connectivity index (χ3v) is 5.25. The molecule has 5 nitrogen and oxygen atoms in total. The first kappa shape index (κ1) is 19.6. The molecule has 30 heavy (non-hydrogen) atoms. The number of hydrogen-bond donors (Lipinski definition) is 1. The van der Waals surface area contributed by atoms with Crippen molar-refractivity contribution in [1.82, 2.24) is 0 Å². The third kappa shape index (κ3) is 3.39. The maximum absolute atomic E-state index is 12.8. The Morgan fingerprint density at radius 2 is 1.50 bits per heavy atom. The number of rotatable bonds is 4. The molecule has 0 saturated carbocycles. The van der Waals surface area contributed by atoms with Crippen LogP contribution in [0.2, 0.25) is 0 Å². The number of amides is 1. The second-order valence-corrected chi connectivity index (χ2v) is 7.50. The Bertz CT molecular complexity index is 1190. The molecule has 0 bridgehead atoms. The van der Waals surface area contributed by atoms with Crippen molar-refractivity contribution in [2.24, 2.45) is 0 Å². The summed E-state index contributed by atoms with van der Waals surface area (Å²) >= 11 is 0. The van der Waals surface area contributed by atoms with Crippen molar-refractivity contribution >= 4 is 23.3 Å². The molecule has 0 saturated heterocycles. The van der Waals surface area contributed by atoms with Gasteiger partial charge in [-0.2, -0.15) is 0 Å². The van der Waals surface area contributed by atoms with Gasteiger partial charge in [-0.05, 0) is 49.1 Å². The molecule has 5 heteroatoms. The van der Waals surface area contributed by atoms with Gasteiger partial charge in [-0.25, -0.2) is 4.79 Å². The summed E-state index contributed by atoms with van der Waals surface area (Å²) < 4.78 is 5.23. The van der Waals surface area contributed by atoms with Gasteiger partial charge in [-0.15, -0.1) is 0 Å². The molecule has 1 N–H and O–H groups in total. The van der Waals surface area contributed by atoms with Crippen LogP contribution >= 0.6 is 0 Å². The van der Waals surface area contributed by atoms with Crippen molar-refractivity contribution in [2.45, 2.75) is 20.8 Å². The lowest BCUT2D eigenvalue weighted by molar-refractivity contribution is -0.119. The fraction of sp³-hybridized carbons (Fsp3) is 0.160. The first-order valence-electron chi connectivity index (χ1n) is 9.68. The lowest BCUT2D eigenvalue weighted by Crippen LogP contribution is -2.22. The number of nitrogens with one attached hydrogen (secondary N) is 1. The second-order valence-electron chi connectivity index (χ2n) is 7.50. The predicted octanol–water partition coefficient (Wildman–Crippen LogP) is 4.62. The average Bonchev–Trinajstić information content (AvgIpc) is 3.02. The van der Waals surface area contributed by atoms with Crippen molar-refractivity contribution in [2.75, 3.05) is 11.9 Å². The van der Waals surface area contributed by atoms with Crippen LogP contribution in [0.1, 0.15) is 43.0 Å². The molecule has 150 valence electrons. The molecule has 0 heterocycles. The number of ether oxygens (including phenoxy) is 1. The molecule has 0 fully saturated rings. The van der Waals surface area contributed by atoms with E-state index in [1.54, 1.807) is 24.3 Å². The molecule has 3 aromatic rings. The van der Waals surface area contributed by atoms with E-state index in [-0.39, 0.29) is 11.3 Å².